The second-order valence-corrected chi connectivity index (χ2v) is 3.33. The molecular weight excluding hydrogens is 157 g/mol. The van der Waals surface area contributed by atoms with E-state index in [0.29, 0.717) is 6.54 Å². The summed E-state index contributed by atoms with van der Waals surface area (Å²) >= 11 is 0. The van der Waals surface area contributed by atoms with E-state index in [0.717, 1.165) is 24.2 Å². The molecule has 0 amide bonds. The highest BCUT2D eigenvalue weighted by atomic mass is 19.1. The molecule has 0 N–H and O–H groups in total. The van der Waals surface area contributed by atoms with Gasteiger partial charge < -0.3 is 4.90 Å². The predicted molar refractivity (Wildman–Crippen MR) is 43.2 cm³/mol. The minimum absolute atomic E-state index is 0.306. The lowest BCUT2D eigenvalue weighted by Gasteiger charge is -2.22. The van der Waals surface area contributed by atoms with Gasteiger partial charge in [-0.3, -0.25) is 4.68 Å². The third-order valence-corrected chi connectivity index (χ3v) is 2.38. The highest BCUT2D eigenvalue weighted by Gasteiger charge is 2.21. The minimum atomic E-state index is -0.306. The molecule has 1 aliphatic rings. The number of nitrogens with zero attached hydrogens (tertiary/aromatic N) is 3. The van der Waals surface area contributed by atoms with E-state index in [1.807, 2.05) is 7.05 Å². The first-order valence-corrected chi connectivity index (χ1v) is 4.07. The largest absolute Gasteiger partial charge is 0.301 e. The Morgan fingerprint density at radius 2 is 2.17 bits per heavy atom. The van der Waals surface area contributed by atoms with Gasteiger partial charge in [-0.25, -0.2) is 0 Å². The monoisotopic (exact) mass is 169 g/mol. The van der Waals surface area contributed by atoms with E-state index in [2.05, 4.69) is 10.00 Å². The molecule has 0 unspecified atom stereocenters. The van der Waals surface area contributed by atoms with Crippen LogP contribution in [0.2, 0.25) is 0 Å². The van der Waals surface area contributed by atoms with Crippen LogP contribution in [0.5, 0.6) is 0 Å². The molecule has 1 aliphatic heterocycles. The van der Waals surface area contributed by atoms with Crippen LogP contribution >= 0.6 is 0 Å². The molecule has 0 atom stereocenters. The van der Waals surface area contributed by atoms with Crippen molar-refractivity contribution < 1.29 is 4.39 Å². The van der Waals surface area contributed by atoms with Crippen molar-refractivity contribution in [1.29, 1.82) is 0 Å². The van der Waals surface area contributed by atoms with Crippen LogP contribution in [0.15, 0.2) is 0 Å². The molecular formula is C8H12FN3. The summed E-state index contributed by atoms with van der Waals surface area (Å²) in [6, 6.07) is 0. The topological polar surface area (TPSA) is 21.1 Å². The summed E-state index contributed by atoms with van der Waals surface area (Å²) < 4.78 is 14.8. The van der Waals surface area contributed by atoms with Crippen molar-refractivity contribution in [3.63, 3.8) is 0 Å². The molecule has 0 saturated heterocycles. The number of hydrogen-bond donors (Lipinski definition) is 0. The van der Waals surface area contributed by atoms with E-state index in [-0.39, 0.29) is 5.95 Å². The van der Waals surface area contributed by atoms with E-state index in [4.69, 9.17) is 0 Å². The first-order valence-electron chi connectivity index (χ1n) is 4.07. The number of halogens is 1. The lowest BCUT2D eigenvalue weighted by molar-refractivity contribution is 0.304. The van der Waals surface area contributed by atoms with Gasteiger partial charge >= 0.3 is 0 Å². The summed E-state index contributed by atoms with van der Waals surface area (Å²) in [4.78, 5) is 2.10. The van der Waals surface area contributed by atoms with Gasteiger partial charge in [0.1, 0.15) is 0 Å². The lowest BCUT2D eigenvalue weighted by atomic mass is 10.1. The van der Waals surface area contributed by atoms with Crippen molar-refractivity contribution in [2.45, 2.75) is 13.0 Å². The first kappa shape index (κ1) is 7.73. The standard InChI is InChI=1S/C8H12FN3/c1-11-4-3-7-6(5-11)8(9)10-12(7)2/h3-5H2,1-2H3. The van der Waals surface area contributed by atoms with Crippen molar-refractivity contribution in [1.82, 2.24) is 14.7 Å². The van der Waals surface area contributed by atoms with E-state index < -0.39 is 0 Å². The quantitative estimate of drug-likeness (QED) is 0.565. The third kappa shape index (κ3) is 1.03. The number of fused-ring (bicyclic) bond motifs is 1. The maximum atomic E-state index is 13.1. The molecule has 0 spiro atoms. The number of aryl methyl sites for hydroxylation is 1. The minimum Gasteiger partial charge on any atom is -0.301 e. The van der Waals surface area contributed by atoms with Gasteiger partial charge in [-0.1, -0.05) is 0 Å². The third-order valence-electron chi connectivity index (χ3n) is 2.38. The summed E-state index contributed by atoms with van der Waals surface area (Å²) in [6.07, 6.45) is 0.902. The van der Waals surface area contributed by atoms with Gasteiger partial charge in [0.05, 0.1) is 0 Å². The smallest absolute Gasteiger partial charge is 0.237 e. The molecule has 0 aromatic carbocycles. The Morgan fingerprint density at radius 3 is 2.92 bits per heavy atom. The van der Waals surface area contributed by atoms with Gasteiger partial charge in [0.15, 0.2) is 0 Å². The SMILES string of the molecule is CN1CCc2c(c(F)nn2C)C1. The normalized spacial score (nSPS) is 17.9. The molecule has 0 aliphatic carbocycles. The Morgan fingerprint density at radius 1 is 1.42 bits per heavy atom. The number of aromatic nitrogens is 2. The Balaban J connectivity index is 2.45. The Kier molecular flexibility index (Phi) is 1.65. The summed E-state index contributed by atoms with van der Waals surface area (Å²) in [5.74, 6) is -0.306. The molecule has 1 aromatic rings. The van der Waals surface area contributed by atoms with E-state index >= 15 is 0 Å². The second kappa shape index (κ2) is 2.55. The fraction of sp³-hybridized carbons (Fsp3) is 0.625. The average Bonchev–Trinajstić information content (AvgIpc) is 2.28. The van der Waals surface area contributed by atoms with Gasteiger partial charge in [0.2, 0.25) is 5.95 Å². The molecule has 2 rings (SSSR count). The molecule has 0 fully saturated rings. The summed E-state index contributed by atoms with van der Waals surface area (Å²) in [7, 11) is 3.79. The van der Waals surface area contributed by atoms with Crippen LogP contribution in [0.3, 0.4) is 0 Å². The van der Waals surface area contributed by atoms with Gasteiger partial charge in [-0.15, -0.1) is 5.10 Å². The molecule has 1 aromatic heterocycles. The molecule has 66 valence electrons. The van der Waals surface area contributed by atoms with Crippen LogP contribution in [-0.2, 0) is 20.0 Å². The van der Waals surface area contributed by atoms with Crippen LogP contribution < -0.4 is 0 Å². The van der Waals surface area contributed by atoms with E-state index in [1.54, 1.807) is 11.7 Å². The molecule has 0 bridgehead atoms. The molecule has 4 heteroatoms. The van der Waals surface area contributed by atoms with Gasteiger partial charge in [0.25, 0.3) is 0 Å². The Labute approximate surface area is 70.8 Å². The Bertz CT molecular complexity index is 305. The zero-order valence-corrected chi connectivity index (χ0v) is 7.34. The maximum absolute atomic E-state index is 13.1. The van der Waals surface area contributed by atoms with Crippen molar-refractivity contribution in [2.24, 2.45) is 7.05 Å². The number of hydrogen-bond acceptors (Lipinski definition) is 2. The van der Waals surface area contributed by atoms with Gasteiger partial charge in [-0.2, -0.15) is 4.39 Å². The van der Waals surface area contributed by atoms with Crippen LogP contribution in [0.25, 0.3) is 0 Å². The van der Waals surface area contributed by atoms with Gasteiger partial charge in [0, 0.05) is 37.8 Å². The van der Waals surface area contributed by atoms with Crippen molar-refractivity contribution in [3.05, 3.63) is 17.2 Å². The lowest BCUT2D eigenvalue weighted by Crippen LogP contribution is -2.27. The summed E-state index contributed by atoms with van der Waals surface area (Å²) in [5, 5.41) is 3.75. The van der Waals surface area contributed by atoms with E-state index in [1.165, 1.54) is 0 Å². The summed E-state index contributed by atoms with van der Waals surface area (Å²) in [6.45, 7) is 1.68. The fourth-order valence-corrected chi connectivity index (χ4v) is 1.68. The zero-order valence-electron chi connectivity index (χ0n) is 7.34. The van der Waals surface area contributed by atoms with Crippen LogP contribution in [0.1, 0.15) is 11.3 Å². The molecule has 3 nitrogen and oxygen atoms in total. The van der Waals surface area contributed by atoms with Crippen LogP contribution in [-0.4, -0.2) is 28.3 Å². The average molecular weight is 169 g/mol. The molecule has 2 heterocycles. The number of likely N-dealkylation sites (N-methyl/N-ethyl adjacent to an activating group) is 1. The maximum Gasteiger partial charge on any atom is 0.237 e. The Hall–Kier alpha value is -0.900. The summed E-state index contributed by atoms with van der Waals surface area (Å²) in [5.41, 5.74) is 1.82. The van der Waals surface area contributed by atoms with Gasteiger partial charge in [-0.05, 0) is 7.05 Å². The molecule has 0 radical (unpaired) electrons. The van der Waals surface area contributed by atoms with E-state index in [9.17, 15) is 4.39 Å². The van der Waals surface area contributed by atoms with Crippen molar-refractivity contribution in [2.75, 3.05) is 13.6 Å². The fourth-order valence-electron chi connectivity index (χ4n) is 1.68. The molecule has 12 heavy (non-hydrogen) atoms. The molecule has 0 saturated carbocycles. The second-order valence-electron chi connectivity index (χ2n) is 3.33. The van der Waals surface area contributed by atoms with Crippen molar-refractivity contribution in [3.8, 4) is 0 Å². The first-order chi connectivity index (χ1) is 5.68. The number of rotatable bonds is 0. The highest BCUT2D eigenvalue weighted by Crippen LogP contribution is 2.19. The zero-order chi connectivity index (χ0) is 8.72. The predicted octanol–water partition coefficient (Wildman–Crippen LogP) is 0.547. The van der Waals surface area contributed by atoms with Crippen molar-refractivity contribution >= 4 is 0 Å². The van der Waals surface area contributed by atoms with Crippen LogP contribution in [0.4, 0.5) is 4.39 Å². The van der Waals surface area contributed by atoms with Crippen LogP contribution in [0, 0.1) is 5.95 Å². The highest BCUT2D eigenvalue weighted by molar-refractivity contribution is 5.21.